The van der Waals surface area contributed by atoms with Crippen molar-refractivity contribution >= 4 is 5.97 Å². The Morgan fingerprint density at radius 2 is 2.21 bits per heavy atom. The topological polar surface area (TPSA) is 56.8 Å². The minimum atomic E-state index is -0.526. The van der Waals surface area contributed by atoms with Gasteiger partial charge in [-0.15, -0.1) is 0 Å². The van der Waals surface area contributed by atoms with Gasteiger partial charge in [-0.25, -0.2) is 4.79 Å². The zero-order valence-electron chi connectivity index (χ0n) is 11.4. The molecule has 2 rings (SSSR count). The van der Waals surface area contributed by atoms with E-state index in [2.05, 4.69) is 12.2 Å². The minimum absolute atomic E-state index is 0.222. The molecule has 2 atom stereocenters. The Morgan fingerprint density at radius 3 is 2.79 bits per heavy atom. The molecule has 0 amide bonds. The van der Waals surface area contributed by atoms with Crippen molar-refractivity contribution in [3.05, 3.63) is 23.8 Å². The van der Waals surface area contributed by atoms with E-state index in [4.69, 9.17) is 14.2 Å². The second-order valence-corrected chi connectivity index (χ2v) is 4.48. The molecule has 1 aliphatic heterocycles. The Balaban J connectivity index is 2.18. The number of carbonyl (C=O) groups is 1. The average molecular weight is 265 g/mol. The van der Waals surface area contributed by atoms with Gasteiger partial charge in [0.15, 0.2) is 17.6 Å². The van der Waals surface area contributed by atoms with Gasteiger partial charge in [0.05, 0.1) is 13.7 Å². The normalized spacial score (nSPS) is 19.9. The van der Waals surface area contributed by atoms with E-state index < -0.39 is 6.10 Å². The van der Waals surface area contributed by atoms with E-state index in [1.807, 2.05) is 25.2 Å². The van der Waals surface area contributed by atoms with Gasteiger partial charge in [-0.05, 0) is 31.7 Å². The fourth-order valence-electron chi connectivity index (χ4n) is 1.96. The summed E-state index contributed by atoms with van der Waals surface area (Å²) in [5.74, 6) is 0.882. The highest BCUT2D eigenvalue weighted by Crippen LogP contribution is 2.32. The van der Waals surface area contributed by atoms with E-state index in [1.54, 1.807) is 7.11 Å². The number of esters is 1. The Hall–Kier alpha value is -1.75. The van der Waals surface area contributed by atoms with Gasteiger partial charge in [0, 0.05) is 12.5 Å². The van der Waals surface area contributed by atoms with Gasteiger partial charge in [0.1, 0.15) is 0 Å². The summed E-state index contributed by atoms with van der Waals surface area (Å²) in [5, 5.41) is 3.16. The van der Waals surface area contributed by atoms with Crippen LogP contribution in [0.4, 0.5) is 0 Å². The van der Waals surface area contributed by atoms with E-state index in [0.29, 0.717) is 24.5 Å². The predicted octanol–water partition coefficient (Wildman–Crippen LogP) is 1.67. The highest BCUT2D eigenvalue weighted by Gasteiger charge is 2.29. The van der Waals surface area contributed by atoms with Gasteiger partial charge in [0.2, 0.25) is 0 Å². The number of benzene rings is 1. The Morgan fingerprint density at radius 1 is 1.42 bits per heavy atom. The third-order valence-electron chi connectivity index (χ3n) is 3.28. The van der Waals surface area contributed by atoms with Crippen LogP contribution in [-0.4, -0.2) is 32.8 Å². The molecule has 19 heavy (non-hydrogen) atoms. The molecule has 0 aliphatic carbocycles. The second kappa shape index (κ2) is 5.93. The Kier molecular flexibility index (Phi) is 4.27. The molecule has 5 nitrogen and oxygen atoms in total. The number of nitrogens with one attached hydrogen (secondary N) is 1. The van der Waals surface area contributed by atoms with E-state index in [-0.39, 0.29) is 12.0 Å². The third-order valence-corrected chi connectivity index (χ3v) is 3.28. The number of carbonyl (C=O) groups excluding carboxylic acids is 1. The van der Waals surface area contributed by atoms with Gasteiger partial charge >= 0.3 is 5.97 Å². The molecule has 0 spiro atoms. The van der Waals surface area contributed by atoms with Crippen molar-refractivity contribution in [3.8, 4) is 11.5 Å². The molecule has 0 bridgehead atoms. The molecule has 1 heterocycles. The summed E-state index contributed by atoms with van der Waals surface area (Å²) in [6.07, 6.45) is 0.0536. The van der Waals surface area contributed by atoms with Crippen LogP contribution >= 0.6 is 0 Å². The van der Waals surface area contributed by atoms with Gasteiger partial charge in [-0.1, -0.05) is 6.07 Å². The molecule has 104 valence electrons. The molecule has 0 aromatic heterocycles. The Bertz CT molecular complexity index is 461. The molecule has 0 saturated carbocycles. The van der Waals surface area contributed by atoms with Crippen molar-refractivity contribution in [2.24, 2.45) is 0 Å². The zero-order chi connectivity index (χ0) is 13.8. The summed E-state index contributed by atoms with van der Waals surface area (Å²) in [4.78, 5) is 11.4. The maximum Gasteiger partial charge on any atom is 0.347 e. The van der Waals surface area contributed by atoms with Gasteiger partial charge in [-0.2, -0.15) is 0 Å². The van der Waals surface area contributed by atoms with Crippen LogP contribution in [0.5, 0.6) is 11.5 Å². The standard InChI is InChI=1S/C14H19NO4/c1-9(15-2)10-4-5-11(13(8-10)17-3)19-12-6-7-18-14(12)16/h4-5,8-9,12,15H,6-7H2,1-3H3. The lowest BCUT2D eigenvalue weighted by atomic mass is 10.1. The first-order valence-electron chi connectivity index (χ1n) is 6.34. The highest BCUT2D eigenvalue weighted by molar-refractivity contribution is 5.77. The summed E-state index contributed by atoms with van der Waals surface area (Å²) < 4.78 is 15.9. The van der Waals surface area contributed by atoms with Crippen molar-refractivity contribution in [1.82, 2.24) is 5.32 Å². The second-order valence-electron chi connectivity index (χ2n) is 4.48. The van der Waals surface area contributed by atoms with Crippen LogP contribution in [0.25, 0.3) is 0 Å². The lowest BCUT2D eigenvalue weighted by Gasteiger charge is -2.16. The molecular formula is C14H19NO4. The number of hydrogen-bond donors (Lipinski definition) is 1. The quantitative estimate of drug-likeness (QED) is 0.821. The van der Waals surface area contributed by atoms with Crippen LogP contribution in [0.3, 0.4) is 0 Å². The molecule has 1 aromatic carbocycles. The first-order valence-corrected chi connectivity index (χ1v) is 6.34. The average Bonchev–Trinajstić information content (AvgIpc) is 2.84. The molecule has 0 radical (unpaired) electrons. The summed E-state index contributed by atoms with van der Waals surface area (Å²) in [7, 11) is 3.49. The molecular weight excluding hydrogens is 246 g/mol. The number of cyclic esters (lactones) is 1. The number of methoxy groups -OCH3 is 1. The first kappa shape index (κ1) is 13.7. The first-order chi connectivity index (χ1) is 9.15. The van der Waals surface area contributed by atoms with Crippen LogP contribution in [0, 0.1) is 0 Å². The molecule has 1 aliphatic rings. The number of rotatable bonds is 5. The molecule has 1 aromatic rings. The van der Waals surface area contributed by atoms with E-state index >= 15 is 0 Å². The fourth-order valence-corrected chi connectivity index (χ4v) is 1.96. The van der Waals surface area contributed by atoms with Gasteiger partial charge in [0.25, 0.3) is 0 Å². The van der Waals surface area contributed by atoms with Crippen molar-refractivity contribution in [3.63, 3.8) is 0 Å². The number of ether oxygens (including phenoxy) is 3. The van der Waals surface area contributed by atoms with Crippen molar-refractivity contribution in [2.75, 3.05) is 20.8 Å². The maximum atomic E-state index is 11.4. The van der Waals surface area contributed by atoms with E-state index in [0.717, 1.165) is 5.56 Å². The molecule has 2 unspecified atom stereocenters. The highest BCUT2D eigenvalue weighted by atomic mass is 16.6. The summed E-state index contributed by atoms with van der Waals surface area (Å²) in [6, 6.07) is 5.92. The monoisotopic (exact) mass is 265 g/mol. The SMILES string of the molecule is CNC(C)c1ccc(OC2CCOC2=O)c(OC)c1. The van der Waals surface area contributed by atoms with E-state index in [9.17, 15) is 4.79 Å². The molecule has 1 saturated heterocycles. The van der Waals surface area contributed by atoms with Crippen LogP contribution in [0.1, 0.15) is 24.9 Å². The largest absolute Gasteiger partial charge is 0.493 e. The molecule has 1 N–H and O–H groups in total. The smallest absolute Gasteiger partial charge is 0.347 e. The summed E-state index contributed by atoms with van der Waals surface area (Å²) in [6.45, 7) is 2.48. The lowest BCUT2D eigenvalue weighted by molar-refractivity contribution is -0.143. The zero-order valence-corrected chi connectivity index (χ0v) is 11.4. The van der Waals surface area contributed by atoms with Crippen LogP contribution in [0.2, 0.25) is 0 Å². The van der Waals surface area contributed by atoms with Crippen molar-refractivity contribution in [1.29, 1.82) is 0 Å². The molecule has 5 heteroatoms. The Labute approximate surface area is 112 Å². The summed E-state index contributed by atoms with van der Waals surface area (Å²) in [5.41, 5.74) is 1.10. The summed E-state index contributed by atoms with van der Waals surface area (Å²) >= 11 is 0. The van der Waals surface area contributed by atoms with Crippen LogP contribution < -0.4 is 14.8 Å². The number of hydrogen-bond acceptors (Lipinski definition) is 5. The maximum absolute atomic E-state index is 11.4. The van der Waals surface area contributed by atoms with Crippen LogP contribution in [0.15, 0.2) is 18.2 Å². The van der Waals surface area contributed by atoms with E-state index in [1.165, 1.54) is 0 Å². The fraction of sp³-hybridized carbons (Fsp3) is 0.500. The lowest BCUT2D eigenvalue weighted by Crippen LogP contribution is -2.22. The molecule has 1 fully saturated rings. The predicted molar refractivity (Wildman–Crippen MR) is 70.5 cm³/mol. The van der Waals surface area contributed by atoms with Crippen molar-refractivity contribution < 1.29 is 19.0 Å². The van der Waals surface area contributed by atoms with Crippen molar-refractivity contribution in [2.45, 2.75) is 25.5 Å². The third kappa shape index (κ3) is 2.98. The van der Waals surface area contributed by atoms with Gasteiger partial charge in [-0.3, -0.25) is 0 Å². The van der Waals surface area contributed by atoms with Crippen LogP contribution in [-0.2, 0) is 9.53 Å². The minimum Gasteiger partial charge on any atom is -0.493 e. The van der Waals surface area contributed by atoms with Gasteiger partial charge < -0.3 is 19.5 Å².